The van der Waals surface area contributed by atoms with Crippen LogP contribution in [0.15, 0.2) is 12.7 Å². The number of hydrogen-bond donors (Lipinski definition) is 1. The summed E-state index contributed by atoms with van der Waals surface area (Å²) in [5.41, 5.74) is 4.41. The lowest BCUT2D eigenvalue weighted by molar-refractivity contribution is 0.0473. The van der Waals surface area contributed by atoms with Crippen molar-refractivity contribution in [3.05, 3.63) is 12.7 Å². The van der Waals surface area contributed by atoms with Gasteiger partial charge in [-0.2, -0.15) is 0 Å². The van der Waals surface area contributed by atoms with Gasteiger partial charge in [0.05, 0.1) is 0 Å². The highest BCUT2D eigenvalue weighted by Crippen LogP contribution is 2.37. The molecule has 0 aliphatic heterocycles. The molecule has 1 rings (SSSR count). The largest absolute Gasteiger partial charge is 0.327 e. The third-order valence-corrected chi connectivity index (χ3v) is 1.77. The second kappa shape index (κ2) is 2.10. The molecular weight excluding hydrogens is 117 g/mol. The van der Waals surface area contributed by atoms with Crippen LogP contribution in [-0.2, 0) is 0 Å². The zero-order chi connectivity index (χ0) is 6.91. The average Bonchev–Trinajstić information content (AvgIpc) is 1.62. The molecule has 1 aliphatic carbocycles. The third kappa shape index (κ3) is 1.30. The molecule has 0 saturated heterocycles. The maximum atomic E-state index is 13.0. The van der Waals surface area contributed by atoms with Gasteiger partial charge in [-0.1, -0.05) is 6.08 Å². The molecule has 0 amide bonds. The highest BCUT2D eigenvalue weighted by Gasteiger charge is 2.41. The molecule has 0 radical (unpaired) electrons. The second-order valence-electron chi connectivity index (χ2n) is 2.81. The number of nitrogens with two attached hydrogens (primary N) is 1. The summed E-state index contributed by atoms with van der Waals surface area (Å²) in [6.07, 6.45) is 3.10. The Kier molecular flexibility index (Phi) is 1.58. The molecule has 1 aliphatic rings. The summed E-state index contributed by atoms with van der Waals surface area (Å²) in [6, 6.07) is 0.0925. The van der Waals surface area contributed by atoms with E-state index in [9.17, 15) is 4.39 Å². The van der Waals surface area contributed by atoms with E-state index in [1.54, 1.807) is 6.08 Å². The summed E-state index contributed by atoms with van der Waals surface area (Å²) in [5, 5.41) is 0. The first kappa shape index (κ1) is 6.75. The Labute approximate surface area is 54.7 Å². The monoisotopic (exact) mass is 129 g/mol. The molecule has 2 N–H and O–H groups in total. The number of allylic oxidation sites excluding steroid dienone is 1. The summed E-state index contributed by atoms with van der Waals surface area (Å²) < 4.78 is 13.0. The van der Waals surface area contributed by atoms with E-state index in [0.717, 1.165) is 0 Å². The van der Waals surface area contributed by atoms with E-state index < -0.39 is 5.67 Å². The van der Waals surface area contributed by atoms with Crippen LogP contribution < -0.4 is 5.73 Å². The Hall–Kier alpha value is -0.370. The fraction of sp³-hybridized carbons (Fsp3) is 0.714. The number of rotatable bonds is 2. The zero-order valence-corrected chi connectivity index (χ0v) is 5.44. The van der Waals surface area contributed by atoms with Crippen molar-refractivity contribution in [1.82, 2.24) is 0 Å². The molecule has 0 unspecified atom stereocenters. The van der Waals surface area contributed by atoms with Crippen molar-refractivity contribution in [3.8, 4) is 0 Å². The van der Waals surface area contributed by atoms with Gasteiger partial charge < -0.3 is 5.73 Å². The molecule has 0 spiro atoms. The number of hydrogen-bond acceptors (Lipinski definition) is 1. The lowest BCUT2D eigenvalue weighted by Crippen LogP contribution is -2.47. The van der Waals surface area contributed by atoms with Crippen molar-refractivity contribution >= 4 is 0 Å². The molecule has 0 aromatic heterocycles. The van der Waals surface area contributed by atoms with Gasteiger partial charge in [-0.3, -0.25) is 0 Å². The lowest BCUT2D eigenvalue weighted by atomic mass is 9.76. The van der Waals surface area contributed by atoms with Crippen molar-refractivity contribution in [1.29, 1.82) is 0 Å². The lowest BCUT2D eigenvalue weighted by Gasteiger charge is -2.38. The SMILES string of the molecule is C=CCC1(F)CC(N)C1. The fourth-order valence-electron chi connectivity index (χ4n) is 1.31. The molecule has 2 heteroatoms. The first-order chi connectivity index (χ1) is 4.16. The molecule has 1 saturated carbocycles. The molecule has 0 atom stereocenters. The van der Waals surface area contributed by atoms with Gasteiger partial charge >= 0.3 is 0 Å². The van der Waals surface area contributed by atoms with Crippen molar-refractivity contribution in [3.63, 3.8) is 0 Å². The summed E-state index contributed by atoms with van der Waals surface area (Å²) in [5.74, 6) is 0. The van der Waals surface area contributed by atoms with Crippen LogP contribution in [0.25, 0.3) is 0 Å². The normalized spacial score (nSPS) is 41.8. The highest BCUT2D eigenvalue weighted by atomic mass is 19.1. The predicted molar refractivity (Wildman–Crippen MR) is 35.9 cm³/mol. The van der Waals surface area contributed by atoms with Crippen LogP contribution in [0.1, 0.15) is 19.3 Å². The van der Waals surface area contributed by atoms with Crippen LogP contribution in [0.4, 0.5) is 4.39 Å². The molecule has 0 bridgehead atoms. The van der Waals surface area contributed by atoms with Gasteiger partial charge in [-0.15, -0.1) is 6.58 Å². The van der Waals surface area contributed by atoms with Gasteiger partial charge in [0.2, 0.25) is 0 Å². The minimum Gasteiger partial charge on any atom is -0.327 e. The van der Waals surface area contributed by atoms with Crippen molar-refractivity contribution in [2.75, 3.05) is 0 Å². The Morgan fingerprint density at radius 3 is 2.67 bits per heavy atom. The van der Waals surface area contributed by atoms with Gasteiger partial charge in [-0.05, 0) is 19.3 Å². The minimum atomic E-state index is -0.999. The highest BCUT2D eigenvalue weighted by molar-refractivity contribution is 5.00. The van der Waals surface area contributed by atoms with Crippen molar-refractivity contribution in [2.24, 2.45) is 5.73 Å². The van der Waals surface area contributed by atoms with Gasteiger partial charge in [0.1, 0.15) is 5.67 Å². The fourth-order valence-corrected chi connectivity index (χ4v) is 1.31. The second-order valence-corrected chi connectivity index (χ2v) is 2.81. The van der Waals surface area contributed by atoms with E-state index in [-0.39, 0.29) is 6.04 Å². The number of halogens is 1. The molecule has 1 nitrogen and oxygen atoms in total. The first-order valence-corrected chi connectivity index (χ1v) is 3.22. The molecule has 0 heterocycles. The van der Waals surface area contributed by atoms with Crippen molar-refractivity contribution < 1.29 is 4.39 Å². The van der Waals surface area contributed by atoms with E-state index in [4.69, 9.17) is 5.73 Å². The molecule has 1 fully saturated rings. The van der Waals surface area contributed by atoms with E-state index >= 15 is 0 Å². The third-order valence-electron chi connectivity index (χ3n) is 1.77. The van der Waals surface area contributed by atoms with Crippen LogP contribution in [0.2, 0.25) is 0 Å². The maximum absolute atomic E-state index is 13.0. The molecule has 0 aromatic rings. The van der Waals surface area contributed by atoms with Gasteiger partial charge in [-0.25, -0.2) is 4.39 Å². The van der Waals surface area contributed by atoms with Crippen LogP contribution in [0, 0.1) is 0 Å². The molecule has 0 aromatic carbocycles. The average molecular weight is 129 g/mol. The van der Waals surface area contributed by atoms with Crippen LogP contribution in [0.3, 0.4) is 0 Å². The van der Waals surface area contributed by atoms with Crippen LogP contribution >= 0.6 is 0 Å². The Balaban J connectivity index is 2.31. The summed E-state index contributed by atoms with van der Waals surface area (Å²) >= 11 is 0. The van der Waals surface area contributed by atoms with Crippen LogP contribution in [0.5, 0.6) is 0 Å². The Morgan fingerprint density at radius 2 is 2.33 bits per heavy atom. The summed E-state index contributed by atoms with van der Waals surface area (Å²) in [6.45, 7) is 3.47. The standard InChI is InChI=1S/C7H12FN/c1-2-3-7(8)4-6(9)5-7/h2,6H,1,3-5,9H2. The predicted octanol–water partition coefficient (Wildman–Crippen LogP) is 1.39. The molecular formula is C7H12FN. The van der Waals surface area contributed by atoms with Gasteiger partial charge in [0.15, 0.2) is 0 Å². The van der Waals surface area contributed by atoms with E-state index in [1.807, 2.05) is 0 Å². The Bertz CT molecular complexity index is 116. The quantitative estimate of drug-likeness (QED) is 0.560. The smallest absolute Gasteiger partial charge is 0.117 e. The van der Waals surface area contributed by atoms with Crippen molar-refractivity contribution in [2.45, 2.75) is 31.0 Å². The topological polar surface area (TPSA) is 26.0 Å². The van der Waals surface area contributed by atoms with Gasteiger partial charge in [0, 0.05) is 6.04 Å². The summed E-state index contributed by atoms with van der Waals surface area (Å²) in [4.78, 5) is 0. The maximum Gasteiger partial charge on any atom is 0.117 e. The number of alkyl halides is 1. The summed E-state index contributed by atoms with van der Waals surface area (Å²) in [7, 11) is 0. The first-order valence-electron chi connectivity index (χ1n) is 3.22. The van der Waals surface area contributed by atoms with E-state index in [1.165, 1.54) is 0 Å². The zero-order valence-electron chi connectivity index (χ0n) is 5.44. The van der Waals surface area contributed by atoms with Crippen LogP contribution in [-0.4, -0.2) is 11.7 Å². The molecule has 9 heavy (non-hydrogen) atoms. The minimum absolute atomic E-state index is 0.0925. The van der Waals surface area contributed by atoms with Gasteiger partial charge in [0.25, 0.3) is 0 Å². The Morgan fingerprint density at radius 1 is 1.78 bits per heavy atom. The van der Waals surface area contributed by atoms with E-state index in [0.29, 0.717) is 19.3 Å². The molecule has 52 valence electrons. The van der Waals surface area contributed by atoms with E-state index in [2.05, 4.69) is 6.58 Å².